The second-order valence-electron chi connectivity index (χ2n) is 1.12. The predicted octanol–water partition coefficient (Wildman–Crippen LogP) is -0.0238. The second-order valence-corrected chi connectivity index (χ2v) is 1.12. The molecular formula is C5H2N2O3. The molecule has 0 spiro atoms. The number of aliphatic hydroxyl groups is 1. The van der Waals surface area contributed by atoms with E-state index in [1.165, 1.54) is 12.1 Å². The van der Waals surface area contributed by atoms with Crippen LogP contribution in [-0.4, -0.2) is 11.6 Å². The zero-order valence-corrected chi connectivity index (χ0v) is 4.74. The smallest absolute Gasteiger partial charge is 0.314 e. The van der Waals surface area contributed by atoms with Crippen LogP contribution in [0.1, 0.15) is 0 Å². The highest BCUT2D eigenvalue weighted by atomic mass is 16.6. The summed E-state index contributed by atoms with van der Waals surface area (Å²) < 4.78 is 3.80. The average Bonchev–Trinajstić information content (AvgIpc) is 1.91. The van der Waals surface area contributed by atoms with Gasteiger partial charge in [0.1, 0.15) is 12.1 Å². The number of nitriles is 2. The minimum Gasteiger partial charge on any atom is -0.479 e. The van der Waals surface area contributed by atoms with Crippen LogP contribution in [0.3, 0.4) is 0 Å². The van der Waals surface area contributed by atoms with E-state index in [0.29, 0.717) is 0 Å². The minimum atomic E-state index is -0.972. The monoisotopic (exact) mass is 138 g/mol. The van der Waals surface area contributed by atoms with E-state index in [0.717, 1.165) is 0 Å². The number of hydrogen-bond acceptors (Lipinski definition) is 5. The van der Waals surface area contributed by atoms with Crippen molar-refractivity contribution in [2.75, 3.05) is 0 Å². The first-order chi connectivity index (χ1) is 4.76. The first-order valence-corrected chi connectivity index (χ1v) is 2.10. The van der Waals surface area contributed by atoms with Crippen molar-refractivity contribution in [3.05, 3.63) is 11.5 Å². The summed E-state index contributed by atoms with van der Waals surface area (Å²) in [4.78, 5) is 9.52. The highest BCUT2D eigenvalue weighted by Crippen LogP contribution is 1.97. The number of nitrogens with zero attached hydrogens (tertiary/aromatic N) is 2. The Morgan fingerprint density at radius 2 is 2.00 bits per heavy atom. The molecular weight excluding hydrogens is 136 g/mol. The van der Waals surface area contributed by atoms with E-state index in [9.17, 15) is 4.79 Å². The van der Waals surface area contributed by atoms with E-state index < -0.39 is 11.5 Å². The predicted molar refractivity (Wildman–Crippen MR) is 28.0 cm³/mol. The van der Waals surface area contributed by atoms with Crippen molar-refractivity contribution < 1.29 is 14.6 Å². The molecule has 0 amide bonds. The van der Waals surface area contributed by atoms with Crippen LogP contribution in [0, 0.1) is 22.7 Å². The van der Waals surface area contributed by atoms with Gasteiger partial charge in [0.2, 0.25) is 5.57 Å². The Morgan fingerprint density at radius 3 is 2.30 bits per heavy atom. The maximum Gasteiger partial charge on any atom is 0.314 e. The van der Waals surface area contributed by atoms with E-state index in [4.69, 9.17) is 15.6 Å². The normalized spacial score (nSPS) is 6.60. The van der Waals surface area contributed by atoms with Gasteiger partial charge < -0.3 is 9.84 Å². The molecule has 0 rings (SSSR count). The summed E-state index contributed by atoms with van der Waals surface area (Å²) in [6.45, 7) is -0.0794. The first-order valence-electron chi connectivity index (χ1n) is 2.10. The third-order valence-corrected chi connectivity index (χ3v) is 0.597. The Labute approximate surface area is 56.4 Å². The number of aliphatic hydroxyl groups excluding tert-OH is 1. The van der Waals surface area contributed by atoms with Crippen molar-refractivity contribution in [1.82, 2.24) is 0 Å². The second kappa shape index (κ2) is 3.93. The van der Waals surface area contributed by atoms with E-state index >= 15 is 0 Å². The third kappa shape index (κ3) is 1.85. The van der Waals surface area contributed by atoms with Crippen molar-refractivity contribution in [3.63, 3.8) is 0 Å². The average molecular weight is 138 g/mol. The van der Waals surface area contributed by atoms with Gasteiger partial charge >= 0.3 is 12.4 Å². The van der Waals surface area contributed by atoms with Gasteiger partial charge in [-0.05, 0) is 0 Å². The summed E-state index contributed by atoms with van der Waals surface area (Å²) in [6.07, 6.45) is 0. The zero-order chi connectivity index (χ0) is 7.98. The van der Waals surface area contributed by atoms with Gasteiger partial charge in [-0.1, -0.05) is 0 Å². The topological polar surface area (TPSA) is 94.1 Å². The maximum atomic E-state index is 9.52. The van der Waals surface area contributed by atoms with Crippen molar-refractivity contribution in [2.24, 2.45) is 0 Å². The summed E-state index contributed by atoms with van der Waals surface area (Å²) in [5, 5.41) is 24.6. The first kappa shape index (κ1) is 7.99. The van der Waals surface area contributed by atoms with Crippen molar-refractivity contribution in [1.29, 1.82) is 10.5 Å². The Kier molecular flexibility index (Phi) is 3.14. The molecule has 0 fully saturated rings. The molecule has 0 saturated heterocycles. The molecule has 0 aromatic heterocycles. The molecule has 50 valence electrons. The molecule has 0 heterocycles. The van der Waals surface area contributed by atoms with E-state index in [1.54, 1.807) is 0 Å². The van der Waals surface area contributed by atoms with Crippen LogP contribution in [-0.2, 0) is 9.53 Å². The fraction of sp³-hybridized carbons (Fsp3) is 0. The molecule has 0 unspecified atom stereocenters. The number of hydrogen-bond donors (Lipinski definition) is 1. The van der Waals surface area contributed by atoms with E-state index in [1.807, 2.05) is 0 Å². The van der Waals surface area contributed by atoms with Crippen molar-refractivity contribution in [2.45, 2.75) is 0 Å². The molecule has 0 saturated carbocycles. The number of carbonyl (C=O) groups is 1. The molecule has 5 heteroatoms. The summed E-state index contributed by atoms with van der Waals surface area (Å²) in [5.74, 6) is -0.972. The lowest BCUT2D eigenvalue weighted by atomic mass is 10.3. The maximum absolute atomic E-state index is 9.52. The molecule has 5 nitrogen and oxygen atoms in total. The molecule has 0 aromatic rings. The molecule has 0 aliphatic carbocycles. The van der Waals surface area contributed by atoms with E-state index in [-0.39, 0.29) is 6.47 Å². The Hall–Kier alpha value is -2.01. The van der Waals surface area contributed by atoms with Gasteiger partial charge in [0.15, 0.2) is 0 Å². The lowest BCUT2D eigenvalue weighted by molar-refractivity contribution is -0.128. The largest absolute Gasteiger partial charge is 0.479 e. The van der Waals surface area contributed by atoms with Gasteiger partial charge in [0.25, 0.3) is 0 Å². The standard InChI is InChI=1S/C5H2N2O3/c6-1-4(2-7)5(9)10-3-8/h3,9H. The summed E-state index contributed by atoms with van der Waals surface area (Å²) in [7, 11) is 0. The van der Waals surface area contributed by atoms with Gasteiger partial charge in [-0.2, -0.15) is 10.5 Å². The zero-order valence-electron chi connectivity index (χ0n) is 4.74. The van der Waals surface area contributed by atoms with Gasteiger partial charge in [0, 0.05) is 0 Å². The van der Waals surface area contributed by atoms with Gasteiger partial charge in [-0.15, -0.1) is 0 Å². The molecule has 0 atom stereocenters. The van der Waals surface area contributed by atoms with Crippen LogP contribution in [0.2, 0.25) is 0 Å². The van der Waals surface area contributed by atoms with Crippen LogP contribution < -0.4 is 0 Å². The summed E-state index contributed by atoms with van der Waals surface area (Å²) >= 11 is 0. The van der Waals surface area contributed by atoms with Crippen molar-refractivity contribution >= 4 is 6.47 Å². The Balaban J connectivity index is 4.51. The molecule has 10 heavy (non-hydrogen) atoms. The molecule has 0 aliphatic rings. The van der Waals surface area contributed by atoms with E-state index in [2.05, 4.69) is 4.74 Å². The fourth-order valence-corrected chi connectivity index (χ4v) is 0.225. The van der Waals surface area contributed by atoms with Crippen LogP contribution in [0.5, 0.6) is 0 Å². The Bertz CT molecular complexity index is 227. The summed E-state index contributed by atoms with van der Waals surface area (Å²) in [6, 6.07) is 2.64. The van der Waals surface area contributed by atoms with Crippen LogP contribution >= 0.6 is 0 Å². The fourth-order valence-electron chi connectivity index (χ4n) is 0.225. The molecule has 0 aliphatic heterocycles. The molecule has 1 N–H and O–H groups in total. The highest BCUT2D eigenvalue weighted by molar-refractivity contribution is 5.43. The van der Waals surface area contributed by atoms with Crippen LogP contribution in [0.25, 0.3) is 0 Å². The quantitative estimate of drug-likeness (QED) is 0.328. The van der Waals surface area contributed by atoms with Gasteiger partial charge in [0.05, 0.1) is 0 Å². The minimum absolute atomic E-state index is 0.0794. The molecule has 0 radical (unpaired) electrons. The number of rotatable bonds is 2. The van der Waals surface area contributed by atoms with Crippen LogP contribution in [0.15, 0.2) is 11.5 Å². The van der Waals surface area contributed by atoms with Gasteiger partial charge in [-0.25, -0.2) is 0 Å². The SMILES string of the molecule is N#CC(C#N)=C(O)OC=O. The third-order valence-electron chi connectivity index (χ3n) is 0.597. The number of allylic oxidation sites excluding steroid dienone is 1. The van der Waals surface area contributed by atoms with Crippen LogP contribution in [0.4, 0.5) is 0 Å². The highest BCUT2D eigenvalue weighted by Gasteiger charge is 2.03. The lowest BCUT2D eigenvalue weighted by Crippen LogP contribution is -1.91. The number of ether oxygens (including phenoxy) is 1. The molecule has 0 aromatic carbocycles. The summed E-state index contributed by atoms with van der Waals surface area (Å²) in [5.41, 5.74) is -0.632. The Morgan fingerprint density at radius 1 is 1.50 bits per heavy atom. The van der Waals surface area contributed by atoms with Gasteiger partial charge in [-0.3, -0.25) is 4.79 Å². The number of carbonyl (C=O) groups excluding carboxylic acids is 1. The lowest BCUT2D eigenvalue weighted by Gasteiger charge is -1.90. The molecule has 0 bridgehead atoms. The van der Waals surface area contributed by atoms with Crippen molar-refractivity contribution in [3.8, 4) is 12.1 Å².